The van der Waals surface area contributed by atoms with Gasteiger partial charge in [-0.25, -0.2) is 4.39 Å². The SMILES string of the molecule is CCCCCCCC(NN)c1cc(Cl)ccc1F. The summed E-state index contributed by atoms with van der Waals surface area (Å²) < 4.78 is 13.7. The molecule has 0 fully saturated rings. The molecule has 0 amide bonds. The number of nitrogens with two attached hydrogens (primary N) is 1. The Morgan fingerprint density at radius 1 is 1.28 bits per heavy atom. The third-order valence-corrected chi connectivity index (χ3v) is 3.37. The number of unbranched alkanes of at least 4 members (excludes halogenated alkanes) is 4. The Labute approximate surface area is 114 Å². The van der Waals surface area contributed by atoms with E-state index in [9.17, 15) is 4.39 Å². The van der Waals surface area contributed by atoms with Gasteiger partial charge in [-0.05, 0) is 24.6 Å². The molecule has 1 aromatic carbocycles. The van der Waals surface area contributed by atoms with Gasteiger partial charge in [-0.3, -0.25) is 11.3 Å². The maximum Gasteiger partial charge on any atom is 0.128 e. The largest absolute Gasteiger partial charge is 0.271 e. The molecule has 0 spiro atoms. The van der Waals surface area contributed by atoms with E-state index in [0.717, 1.165) is 19.3 Å². The zero-order valence-electron chi connectivity index (χ0n) is 10.9. The standard InChI is InChI=1S/C14H22ClFN2/c1-2-3-4-5-6-7-14(18-17)12-10-11(15)8-9-13(12)16/h8-10,14,18H,2-7,17H2,1H3. The van der Waals surface area contributed by atoms with Crippen LogP contribution in [-0.2, 0) is 0 Å². The molecule has 1 rings (SSSR count). The molecule has 102 valence electrons. The second-order valence-corrected chi connectivity index (χ2v) is 5.02. The fourth-order valence-electron chi connectivity index (χ4n) is 2.06. The van der Waals surface area contributed by atoms with E-state index in [0.29, 0.717) is 10.6 Å². The van der Waals surface area contributed by atoms with Crippen molar-refractivity contribution in [2.24, 2.45) is 5.84 Å². The molecule has 18 heavy (non-hydrogen) atoms. The molecule has 0 saturated heterocycles. The Morgan fingerprint density at radius 3 is 2.67 bits per heavy atom. The molecule has 1 atom stereocenters. The summed E-state index contributed by atoms with van der Waals surface area (Å²) in [4.78, 5) is 0. The van der Waals surface area contributed by atoms with Crippen LogP contribution in [0.1, 0.15) is 57.1 Å². The molecule has 2 nitrogen and oxygen atoms in total. The van der Waals surface area contributed by atoms with Crippen molar-refractivity contribution in [2.75, 3.05) is 0 Å². The Kier molecular flexibility index (Phi) is 7.25. The Balaban J connectivity index is 2.52. The predicted molar refractivity (Wildman–Crippen MR) is 74.9 cm³/mol. The van der Waals surface area contributed by atoms with E-state index < -0.39 is 0 Å². The van der Waals surface area contributed by atoms with Gasteiger partial charge in [-0.1, -0.05) is 50.6 Å². The van der Waals surface area contributed by atoms with Gasteiger partial charge >= 0.3 is 0 Å². The van der Waals surface area contributed by atoms with Crippen LogP contribution in [0.5, 0.6) is 0 Å². The second kappa shape index (κ2) is 8.46. The summed E-state index contributed by atoms with van der Waals surface area (Å²) in [6.45, 7) is 2.19. The predicted octanol–water partition coefficient (Wildman–Crippen LogP) is 4.34. The lowest BCUT2D eigenvalue weighted by molar-refractivity contribution is 0.459. The molecule has 1 aromatic rings. The van der Waals surface area contributed by atoms with Crippen molar-refractivity contribution < 1.29 is 4.39 Å². The summed E-state index contributed by atoms with van der Waals surface area (Å²) >= 11 is 5.89. The molecule has 3 N–H and O–H groups in total. The monoisotopic (exact) mass is 272 g/mol. The average molecular weight is 273 g/mol. The number of hydrogen-bond acceptors (Lipinski definition) is 2. The van der Waals surface area contributed by atoms with Crippen molar-refractivity contribution in [1.29, 1.82) is 0 Å². The Bertz CT molecular complexity index is 358. The molecule has 4 heteroatoms. The van der Waals surface area contributed by atoms with Crippen LogP contribution in [0, 0.1) is 5.82 Å². The fraction of sp³-hybridized carbons (Fsp3) is 0.571. The van der Waals surface area contributed by atoms with Crippen molar-refractivity contribution in [3.8, 4) is 0 Å². The van der Waals surface area contributed by atoms with E-state index in [1.54, 1.807) is 12.1 Å². The minimum atomic E-state index is -0.254. The van der Waals surface area contributed by atoms with E-state index in [1.165, 1.54) is 25.3 Å². The van der Waals surface area contributed by atoms with Crippen molar-refractivity contribution in [3.05, 3.63) is 34.6 Å². The number of benzene rings is 1. The summed E-state index contributed by atoms with van der Waals surface area (Å²) in [7, 11) is 0. The first-order chi connectivity index (χ1) is 8.69. The highest BCUT2D eigenvalue weighted by molar-refractivity contribution is 6.30. The lowest BCUT2D eigenvalue weighted by Gasteiger charge is -2.17. The Morgan fingerprint density at radius 2 is 2.00 bits per heavy atom. The molecule has 0 aliphatic carbocycles. The normalized spacial score (nSPS) is 12.7. The first-order valence-corrected chi connectivity index (χ1v) is 6.98. The zero-order chi connectivity index (χ0) is 13.4. The van der Waals surface area contributed by atoms with E-state index in [2.05, 4.69) is 12.3 Å². The van der Waals surface area contributed by atoms with Crippen molar-refractivity contribution in [1.82, 2.24) is 5.43 Å². The van der Waals surface area contributed by atoms with Crippen molar-refractivity contribution >= 4 is 11.6 Å². The van der Waals surface area contributed by atoms with Gasteiger partial charge in [0.2, 0.25) is 0 Å². The van der Waals surface area contributed by atoms with Crippen LogP contribution >= 0.6 is 11.6 Å². The maximum atomic E-state index is 13.7. The van der Waals surface area contributed by atoms with Gasteiger partial charge in [0.25, 0.3) is 0 Å². The van der Waals surface area contributed by atoms with Crippen LogP contribution in [0.25, 0.3) is 0 Å². The number of nitrogens with one attached hydrogen (secondary N) is 1. The third kappa shape index (κ3) is 4.92. The average Bonchev–Trinajstić information content (AvgIpc) is 2.37. The van der Waals surface area contributed by atoms with E-state index in [-0.39, 0.29) is 11.9 Å². The molecule has 0 aromatic heterocycles. The molecule has 0 bridgehead atoms. The van der Waals surface area contributed by atoms with Crippen LogP contribution in [0.15, 0.2) is 18.2 Å². The van der Waals surface area contributed by atoms with E-state index in [1.807, 2.05) is 0 Å². The Hall–Kier alpha value is -0.640. The van der Waals surface area contributed by atoms with Crippen LogP contribution < -0.4 is 11.3 Å². The van der Waals surface area contributed by atoms with Crippen LogP contribution in [0.4, 0.5) is 4.39 Å². The molecule has 0 aliphatic rings. The maximum absolute atomic E-state index is 13.7. The van der Waals surface area contributed by atoms with Gasteiger partial charge < -0.3 is 0 Å². The molecule has 0 heterocycles. The van der Waals surface area contributed by atoms with Crippen LogP contribution in [0.3, 0.4) is 0 Å². The number of halogens is 2. The van der Waals surface area contributed by atoms with Gasteiger partial charge in [-0.15, -0.1) is 0 Å². The molecule has 0 saturated carbocycles. The number of hydrogen-bond donors (Lipinski definition) is 2. The molecular formula is C14H22ClFN2. The van der Waals surface area contributed by atoms with Gasteiger partial charge in [0.05, 0.1) is 0 Å². The minimum absolute atomic E-state index is 0.162. The van der Waals surface area contributed by atoms with E-state index >= 15 is 0 Å². The molecule has 1 unspecified atom stereocenters. The number of hydrazine groups is 1. The highest BCUT2D eigenvalue weighted by Gasteiger charge is 2.14. The fourth-order valence-corrected chi connectivity index (χ4v) is 2.24. The summed E-state index contributed by atoms with van der Waals surface area (Å²) in [6.07, 6.45) is 6.74. The summed E-state index contributed by atoms with van der Waals surface area (Å²) in [5.41, 5.74) is 3.23. The third-order valence-electron chi connectivity index (χ3n) is 3.13. The smallest absolute Gasteiger partial charge is 0.128 e. The van der Waals surface area contributed by atoms with E-state index in [4.69, 9.17) is 17.4 Å². The van der Waals surface area contributed by atoms with Crippen LogP contribution in [0.2, 0.25) is 5.02 Å². The molecule has 0 aliphatic heterocycles. The lowest BCUT2D eigenvalue weighted by atomic mass is 10.00. The summed E-state index contributed by atoms with van der Waals surface area (Å²) in [6, 6.07) is 4.42. The van der Waals surface area contributed by atoms with Gasteiger partial charge in [0, 0.05) is 16.6 Å². The summed E-state index contributed by atoms with van der Waals surface area (Å²) in [5.74, 6) is 5.25. The lowest BCUT2D eigenvalue weighted by Crippen LogP contribution is -2.28. The first-order valence-electron chi connectivity index (χ1n) is 6.60. The minimum Gasteiger partial charge on any atom is -0.271 e. The summed E-state index contributed by atoms with van der Waals surface area (Å²) in [5, 5.41) is 0.539. The van der Waals surface area contributed by atoms with Crippen molar-refractivity contribution in [2.45, 2.75) is 51.5 Å². The molecular weight excluding hydrogens is 251 g/mol. The number of rotatable bonds is 8. The molecule has 0 radical (unpaired) electrons. The zero-order valence-corrected chi connectivity index (χ0v) is 11.6. The first kappa shape index (κ1) is 15.4. The van der Waals surface area contributed by atoms with Crippen molar-refractivity contribution in [3.63, 3.8) is 0 Å². The second-order valence-electron chi connectivity index (χ2n) is 4.59. The quantitative estimate of drug-likeness (QED) is 0.420. The topological polar surface area (TPSA) is 38.0 Å². The van der Waals surface area contributed by atoms with Gasteiger partial charge in [-0.2, -0.15) is 0 Å². The highest BCUT2D eigenvalue weighted by atomic mass is 35.5. The van der Waals surface area contributed by atoms with Gasteiger partial charge in [0.15, 0.2) is 0 Å². The van der Waals surface area contributed by atoms with Gasteiger partial charge in [0.1, 0.15) is 5.82 Å². The van der Waals surface area contributed by atoms with Crippen LogP contribution in [-0.4, -0.2) is 0 Å². The highest BCUT2D eigenvalue weighted by Crippen LogP contribution is 2.25.